The average Bonchev–Trinajstić information content (AvgIpc) is 2.41. The fourth-order valence-electron chi connectivity index (χ4n) is 2.13. The maximum absolute atomic E-state index is 11.7. The highest BCUT2D eigenvalue weighted by atomic mass is 79.9. The van der Waals surface area contributed by atoms with Gasteiger partial charge in [0.1, 0.15) is 12.1 Å². The monoisotopic (exact) mass is 332 g/mol. The van der Waals surface area contributed by atoms with E-state index in [4.69, 9.17) is 0 Å². The van der Waals surface area contributed by atoms with Gasteiger partial charge in [-0.2, -0.15) is 0 Å². The second kappa shape index (κ2) is 14.2. The minimum absolute atomic E-state index is 0.000701. The molecule has 0 aromatic carbocycles. The number of alkyl halides is 1. The number of hydrogen-bond acceptors (Lipinski definition) is 2. The Hall–Kier alpha value is -0.180. The number of carbonyl (C=O) groups is 2. The van der Waals surface area contributed by atoms with E-state index in [2.05, 4.69) is 22.9 Å². The number of unbranched alkanes of at least 4 members (excludes halogenated alkanes) is 8. The lowest BCUT2D eigenvalue weighted by molar-refractivity contribution is -0.118. The van der Waals surface area contributed by atoms with Crippen molar-refractivity contribution in [2.24, 2.45) is 0 Å². The molecule has 0 aliphatic heterocycles. The van der Waals surface area contributed by atoms with Crippen LogP contribution in [0.2, 0.25) is 0 Å². The molecular formula is C16H29BrO2. The molecule has 0 aliphatic carbocycles. The van der Waals surface area contributed by atoms with E-state index >= 15 is 0 Å². The summed E-state index contributed by atoms with van der Waals surface area (Å²) in [6, 6.07) is 0. The highest BCUT2D eigenvalue weighted by Crippen LogP contribution is 2.16. The van der Waals surface area contributed by atoms with Crippen molar-refractivity contribution in [1.29, 1.82) is 0 Å². The van der Waals surface area contributed by atoms with Crippen molar-refractivity contribution in [3.05, 3.63) is 0 Å². The average molecular weight is 333 g/mol. The smallest absolute Gasteiger partial charge is 0.146 e. The molecule has 2 nitrogen and oxygen atoms in total. The van der Waals surface area contributed by atoms with Gasteiger partial charge in [0.15, 0.2) is 0 Å². The fourth-order valence-corrected chi connectivity index (χ4v) is 2.69. The van der Waals surface area contributed by atoms with Gasteiger partial charge in [0, 0.05) is 12.8 Å². The Kier molecular flexibility index (Phi) is 14.1. The zero-order valence-electron chi connectivity index (χ0n) is 12.3. The summed E-state index contributed by atoms with van der Waals surface area (Å²) in [5, 5.41) is 0. The Morgan fingerprint density at radius 2 is 1.58 bits per heavy atom. The Labute approximate surface area is 126 Å². The molecule has 0 aromatic heterocycles. The van der Waals surface area contributed by atoms with E-state index in [1.165, 1.54) is 44.9 Å². The van der Waals surface area contributed by atoms with Crippen LogP contribution in [0.4, 0.5) is 0 Å². The summed E-state index contributed by atoms with van der Waals surface area (Å²) in [6.07, 6.45) is 13.9. The van der Waals surface area contributed by atoms with Gasteiger partial charge in [-0.15, -0.1) is 0 Å². The van der Waals surface area contributed by atoms with Crippen LogP contribution >= 0.6 is 15.9 Å². The molecule has 0 saturated heterocycles. The number of carbonyl (C=O) groups excluding carboxylic acids is 2. The number of halogens is 1. The van der Waals surface area contributed by atoms with Gasteiger partial charge in [-0.1, -0.05) is 74.2 Å². The molecule has 0 aliphatic rings. The zero-order valence-corrected chi connectivity index (χ0v) is 13.9. The summed E-state index contributed by atoms with van der Waals surface area (Å²) < 4.78 is 0. The Morgan fingerprint density at radius 1 is 1.00 bits per heavy atom. The third-order valence-electron chi connectivity index (χ3n) is 3.41. The maximum atomic E-state index is 11.7. The summed E-state index contributed by atoms with van der Waals surface area (Å²) >= 11 is 3.46. The van der Waals surface area contributed by atoms with Crippen LogP contribution in [0.5, 0.6) is 0 Å². The molecule has 0 saturated carbocycles. The van der Waals surface area contributed by atoms with Crippen molar-refractivity contribution in [2.45, 2.75) is 88.8 Å². The van der Waals surface area contributed by atoms with E-state index in [-0.39, 0.29) is 10.6 Å². The van der Waals surface area contributed by atoms with Gasteiger partial charge >= 0.3 is 0 Å². The van der Waals surface area contributed by atoms with Gasteiger partial charge in [-0.25, -0.2) is 0 Å². The van der Waals surface area contributed by atoms with Crippen molar-refractivity contribution in [2.75, 3.05) is 0 Å². The topological polar surface area (TPSA) is 34.1 Å². The quantitative estimate of drug-likeness (QED) is 0.248. The van der Waals surface area contributed by atoms with E-state index in [0.717, 1.165) is 19.1 Å². The number of Topliss-reactive ketones (excluding diaryl/α,β-unsaturated/α-hetero) is 1. The lowest BCUT2D eigenvalue weighted by Crippen LogP contribution is -2.13. The number of hydrogen-bond donors (Lipinski definition) is 0. The number of ketones is 1. The zero-order chi connectivity index (χ0) is 14.3. The largest absolute Gasteiger partial charge is 0.303 e. The summed E-state index contributed by atoms with van der Waals surface area (Å²) in [7, 11) is 0. The van der Waals surface area contributed by atoms with Crippen molar-refractivity contribution in [1.82, 2.24) is 0 Å². The van der Waals surface area contributed by atoms with Gasteiger partial charge in [-0.05, 0) is 12.8 Å². The molecule has 1 atom stereocenters. The maximum Gasteiger partial charge on any atom is 0.146 e. The van der Waals surface area contributed by atoms with Crippen LogP contribution in [-0.4, -0.2) is 16.9 Å². The molecule has 0 spiro atoms. The Morgan fingerprint density at radius 3 is 2.16 bits per heavy atom. The third-order valence-corrected chi connectivity index (χ3v) is 4.37. The minimum Gasteiger partial charge on any atom is -0.303 e. The first-order valence-corrected chi connectivity index (χ1v) is 8.74. The first-order valence-electron chi connectivity index (χ1n) is 7.82. The molecule has 112 valence electrons. The summed E-state index contributed by atoms with van der Waals surface area (Å²) in [5.74, 6) is 0.254. The molecule has 0 heterocycles. The first-order chi connectivity index (χ1) is 9.22. The predicted molar refractivity (Wildman–Crippen MR) is 84.9 cm³/mol. The van der Waals surface area contributed by atoms with Gasteiger partial charge < -0.3 is 4.79 Å². The van der Waals surface area contributed by atoms with E-state index in [1.54, 1.807) is 0 Å². The van der Waals surface area contributed by atoms with Crippen molar-refractivity contribution in [3.8, 4) is 0 Å². The fraction of sp³-hybridized carbons (Fsp3) is 0.875. The number of rotatable bonds is 14. The lowest BCUT2D eigenvalue weighted by Gasteiger charge is -2.08. The van der Waals surface area contributed by atoms with Crippen LogP contribution in [0.3, 0.4) is 0 Å². The van der Waals surface area contributed by atoms with Crippen molar-refractivity contribution >= 4 is 28.0 Å². The van der Waals surface area contributed by atoms with Crippen molar-refractivity contribution < 1.29 is 9.59 Å². The lowest BCUT2D eigenvalue weighted by atomic mass is 10.0. The summed E-state index contributed by atoms with van der Waals surface area (Å²) in [5.41, 5.74) is 0. The second-order valence-corrected chi connectivity index (χ2v) is 6.36. The Bertz CT molecular complexity index is 229. The highest BCUT2D eigenvalue weighted by molar-refractivity contribution is 9.10. The van der Waals surface area contributed by atoms with Crippen molar-refractivity contribution in [3.63, 3.8) is 0 Å². The van der Waals surface area contributed by atoms with Crippen LogP contribution in [-0.2, 0) is 9.59 Å². The van der Waals surface area contributed by atoms with Crippen LogP contribution in [0.1, 0.15) is 84.0 Å². The van der Waals surface area contributed by atoms with Crippen LogP contribution in [0.25, 0.3) is 0 Å². The van der Waals surface area contributed by atoms with Crippen LogP contribution < -0.4 is 0 Å². The Balaban J connectivity index is 3.34. The molecule has 0 aromatic rings. The SMILES string of the molecule is CCCCCCCCCCC(Br)C(=O)CCCC=O. The molecule has 1 unspecified atom stereocenters. The molecule has 0 rings (SSSR count). The van der Waals surface area contributed by atoms with Gasteiger partial charge in [0.2, 0.25) is 0 Å². The molecule has 0 amide bonds. The summed E-state index contributed by atoms with van der Waals surface area (Å²) in [4.78, 5) is 21.9. The minimum atomic E-state index is -0.000701. The van der Waals surface area contributed by atoms with Gasteiger partial charge in [0.25, 0.3) is 0 Å². The molecule has 0 N–H and O–H groups in total. The molecule has 3 heteroatoms. The van der Waals surface area contributed by atoms with Gasteiger partial charge in [0.05, 0.1) is 4.83 Å². The standard InChI is InChI=1S/C16H29BrO2/c1-2-3-4-5-6-7-8-9-12-15(17)16(19)13-10-11-14-18/h14-15H,2-13H2,1H3. The van der Waals surface area contributed by atoms with Crippen LogP contribution in [0.15, 0.2) is 0 Å². The second-order valence-electron chi connectivity index (χ2n) is 5.26. The molecular weight excluding hydrogens is 304 g/mol. The third kappa shape index (κ3) is 12.6. The van der Waals surface area contributed by atoms with Crippen LogP contribution in [0, 0.1) is 0 Å². The van der Waals surface area contributed by atoms with E-state index in [9.17, 15) is 9.59 Å². The number of aldehydes is 1. The van der Waals surface area contributed by atoms with Gasteiger partial charge in [-0.3, -0.25) is 4.79 Å². The predicted octanol–water partition coefficient (Wildman–Crippen LogP) is 5.22. The molecule has 19 heavy (non-hydrogen) atoms. The molecule has 0 radical (unpaired) electrons. The highest BCUT2D eigenvalue weighted by Gasteiger charge is 2.13. The molecule has 0 bridgehead atoms. The normalized spacial score (nSPS) is 12.3. The molecule has 0 fully saturated rings. The van der Waals surface area contributed by atoms with E-state index in [0.29, 0.717) is 19.3 Å². The van der Waals surface area contributed by atoms with E-state index in [1.807, 2.05) is 0 Å². The summed E-state index contributed by atoms with van der Waals surface area (Å²) in [6.45, 7) is 2.24. The van der Waals surface area contributed by atoms with E-state index < -0.39 is 0 Å². The first kappa shape index (κ1) is 18.8.